The van der Waals surface area contributed by atoms with Gasteiger partial charge >= 0.3 is 0 Å². The van der Waals surface area contributed by atoms with Gasteiger partial charge in [-0.15, -0.1) is 12.6 Å². The first kappa shape index (κ1) is 12.6. The molecule has 0 aliphatic heterocycles. The molecule has 2 aromatic carbocycles. The van der Waals surface area contributed by atoms with E-state index in [9.17, 15) is 0 Å². The zero-order valence-corrected chi connectivity index (χ0v) is 11.0. The SMILES string of the molecule is COc1ccc(/C=C(\N)c2ccccc2S)cc1. The van der Waals surface area contributed by atoms with Gasteiger partial charge < -0.3 is 10.5 Å². The second-order valence-electron chi connectivity index (χ2n) is 3.89. The number of ether oxygens (including phenoxy) is 1. The van der Waals surface area contributed by atoms with Gasteiger partial charge in [0, 0.05) is 16.2 Å². The Morgan fingerprint density at radius 3 is 2.39 bits per heavy atom. The molecular weight excluding hydrogens is 242 g/mol. The highest BCUT2D eigenvalue weighted by molar-refractivity contribution is 7.80. The molecule has 0 aliphatic rings. The molecule has 0 atom stereocenters. The molecule has 2 aromatic rings. The van der Waals surface area contributed by atoms with E-state index in [0.29, 0.717) is 5.70 Å². The van der Waals surface area contributed by atoms with Crippen molar-refractivity contribution < 1.29 is 4.74 Å². The highest BCUT2D eigenvalue weighted by Gasteiger charge is 2.01. The molecule has 0 unspecified atom stereocenters. The fraction of sp³-hybridized carbons (Fsp3) is 0.0667. The van der Waals surface area contributed by atoms with Crippen LogP contribution in [0.25, 0.3) is 11.8 Å². The molecule has 0 spiro atoms. The average molecular weight is 257 g/mol. The fourth-order valence-electron chi connectivity index (χ4n) is 1.68. The van der Waals surface area contributed by atoms with E-state index in [1.165, 1.54) is 0 Å². The van der Waals surface area contributed by atoms with Crippen LogP contribution in [0.1, 0.15) is 11.1 Å². The highest BCUT2D eigenvalue weighted by Crippen LogP contribution is 2.21. The van der Waals surface area contributed by atoms with Crippen molar-refractivity contribution in [3.63, 3.8) is 0 Å². The molecule has 0 aliphatic carbocycles. The Bertz CT molecular complexity index is 561. The maximum absolute atomic E-state index is 6.08. The third-order valence-corrected chi connectivity index (χ3v) is 3.04. The Morgan fingerprint density at radius 2 is 1.78 bits per heavy atom. The van der Waals surface area contributed by atoms with Gasteiger partial charge in [0.25, 0.3) is 0 Å². The molecule has 0 heterocycles. The number of thiol groups is 1. The zero-order chi connectivity index (χ0) is 13.0. The fourth-order valence-corrected chi connectivity index (χ4v) is 1.96. The first-order valence-corrected chi connectivity index (χ1v) is 6.05. The van der Waals surface area contributed by atoms with E-state index in [4.69, 9.17) is 10.5 Å². The van der Waals surface area contributed by atoms with Gasteiger partial charge in [-0.05, 0) is 29.8 Å². The zero-order valence-electron chi connectivity index (χ0n) is 10.1. The van der Waals surface area contributed by atoms with E-state index in [-0.39, 0.29) is 0 Å². The number of nitrogens with two attached hydrogens (primary N) is 1. The summed E-state index contributed by atoms with van der Waals surface area (Å²) >= 11 is 4.39. The first-order valence-electron chi connectivity index (χ1n) is 5.60. The molecule has 0 amide bonds. The van der Waals surface area contributed by atoms with E-state index in [0.717, 1.165) is 21.8 Å². The molecule has 2 nitrogen and oxygen atoms in total. The Labute approximate surface area is 113 Å². The molecule has 0 radical (unpaired) electrons. The Balaban J connectivity index is 2.29. The van der Waals surface area contributed by atoms with Crippen LogP contribution in [-0.4, -0.2) is 7.11 Å². The number of methoxy groups -OCH3 is 1. The largest absolute Gasteiger partial charge is 0.497 e. The number of hydrogen-bond donors (Lipinski definition) is 2. The van der Waals surface area contributed by atoms with Gasteiger partial charge in [-0.2, -0.15) is 0 Å². The summed E-state index contributed by atoms with van der Waals surface area (Å²) in [5.74, 6) is 0.834. The van der Waals surface area contributed by atoms with E-state index >= 15 is 0 Å². The van der Waals surface area contributed by atoms with E-state index in [1.807, 2.05) is 54.6 Å². The van der Waals surface area contributed by atoms with Gasteiger partial charge in [-0.1, -0.05) is 30.3 Å². The molecule has 18 heavy (non-hydrogen) atoms. The van der Waals surface area contributed by atoms with Crippen molar-refractivity contribution in [3.05, 3.63) is 59.7 Å². The normalized spacial score (nSPS) is 11.3. The molecule has 0 bridgehead atoms. The van der Waals surface area contributed by atoms with Crippen molar-refractivity contribution in [1.29, 1.82) is 0 Å². The van der Waals surface area contributed by atoms with Crippen LogP contribution in [0.4, 0.5) is 0 Å². The Morgan fingerprint density at radius 1 is 1.11 bits per heavy atom. The lowest BCUT2D eigenvalue weighted by atomic mass is 10.1. The lowest BCUT2D eigenvalue weighted by Crippen LogP contribution is -1.97. The lowest BCUT2D eigenvalue weighted by Gasteiger charge is -2.05. The number of hydrogen-bond acceptors (Lipinski definition) is 3. The van der Waals surface area contributed by atoms with Crippen molar-refractivity contribution >= 4 is 24.4 Å². The highest BCUT2D eigenvalue weighted by atomic mass is 32.1. The van der Waals surface area contributed by atoms with Crippen LogP contribution in [0.15, 0.2) is 53.4 Å². The molecule has 92 valence electrons. The van der Waals surface area contributed by atoms with Crippen LogP contribution in [-0.2, 0) is 0 Å². The standard InChI is InChI=1S/C15H15NOS/c1-17-12-8-6-11(7-9-12)10-14(16)13-4-2-3-5-15(13)18/h2-10,18H,16H2,1H3/b14-10-. The van der Waals surface area contributed by atoms with Crippen LogP contribution >= 0.6 is 12.6 Å². The van der Waals surface area contributed by atoms with Gasteiger partial charge in [-0.3, -0.25) is 0 Å². The number of benzene rings is 2. The van der Waals surface area contributed by atoms with Crippen molar-refractivity contribution in [2.75, 3.05) is 7.11 Å². The minimum atomic E-state index is 0.700. The van der Waals surface area contributed by atoms with Gasteiger partial charge in [0.2, 0.25) is 0 Å². The minimum absolute atomic E-state index is 0.700. The third kappa shape index (κ3) is 2.87. The smallest absolute Gasteiger partial charge is 0.118 e. The molecule has 2 N–H and O–H groups in total. The monoisotopic (exact) mass is 257 g/mol. The van der Waals surface area contributed by atoms with Crippen LogP contribution in [0, 0.1) is 0 Å². The number of rotatable bonds is 3. The van der Waals surface area contributed by atoms with Crippen LogP contribution in [0.3, 0.4) is 0 Å². The third-order valence-electron chi connectivity index (χ3n) is 2.65. The quantitative estimate of drug-likeness (QED) is 0.652. The van der Waals surface area contributed by atoms with Gasteiger partial charge in [0.1, 0.15) is 5.75 Å². The maximum atomic E-state index is 6.08. The summed E-state index contributed by atoms with van der Waals surface area (Å²) in [6, 6.07) is 15.5. The second-order valence-corrected chi connectivity index (χ2v) is 4.37. The second kappa shape index (κ2) is 5.65. The summed E-state index contributed by atoms with van der Waals surface area (Å²) in [5, 5.41) is 0. The van der Waals surface area contributed by atoms with Gasteiger partial charge in [0.15, 0.2) is 0 Å². The Kier molecular flexibility index (Phi) is 3.95. The van der Waals surface area contributed by atoms with Gasteiger partial charge in [0.05, 0.1) is 7.11 Å². The van der Waals surface area contributed by atoms with Crippen molar-refractivity contribution in [2.45, 2.75) is 4.90 Å². The van der Waals surface area contributed by atoms with Crippen LogP contribution < -0.4 is 10.5 Å². The van der Waals surface area contributed by atoms with E-state index in [1.54, 1.807) is 7.11 Å². The predicted molar refractivity (Wildman–Crippen MR) is 78.7 cm³/mol. The minimum Gasteiger partial charge on any atom is -0.497 e. The van der Waals surface area contributed by atoms with Gasteiger partial charge in [-0.25, -0.2) is 0 Å². The topological polar surface area (TPSA) is 35.2 Å². The molecule has 0 saturated carbocycles. The molecule has 0 saturated heterocycles. The van der Waals surface area contributed by atoms with Crippen molar-refractivity contribution in [1.82, 2.24) is 0 Å². The molecule has 0 fully saturated rings. The van der Waals surface area contributed by atoms with Crippen molar-refractivity contribution in [2.24, 2.45) is 5.73 Å². The van der Waals surface area contributed by atoms with E-state index < -0.39 is 0 Å². The van der Waals surface area contributed by atoms with E-state index in [2.05, 4.69) is 12.6 Å². The summed E-state index contributed by atoms with van der Waals surface area (Å²) in [7, 11) is 1.65. The summed E-state index contributed by atoms with van der Waals surface area (Å²) in [5.41, 5.74) is 8.75. The first-order chi connectivity index (χ1) is 8.70. The summed E-state index contributed by atoms with van der Waals surface area (Å²) in [4.78, 5) is 0.875. The molecule has 3 heteroatoms. The molecule has 2 rings (SSSR count). The lowest BCUT2D eigenvalue weighted by molar-refractivity contribution is 0.415. The molecule has 0 aromatic heterocycles. The van der Waals surface area contributed by atoms with Crippen molar-refractivity contribution in [3.8, 4) is 5.75 Å². The molecular formula is C15H15NOS. The van der Waals surface area contributed by atoms with Crippen LogP contribution in [0.2, 0.25) is 0 Å². The summed E-state index contributed by atoms with van der Waals surface area (Å²) < 4.78 is 5.11. The maximum Gasteiger partial charge on any atom is 0.118 e. The predicted octanol–water partition coefficient (Wildman–Crippen LogP) is 3.44. The summed E-state index contributed by atoms with van der Waals surface area (Å²) in [6.45, 7) is 0. The summed E-state index contributed by atoms with van der Waals surface area (Å²) in [6.07, 6.45) is 1.93. The van der Waals surface area contributed by atoms with Crippen LogP contribution in [0.5, 0.6) is 5.75 Å². The average Bonchev–Trinajstić information content (AvgIpc) is 2.40. The Hall–Kier alpha value is -1.87.